The quantitative estimate of drug-likeness (QED) is 0.561. The van der Waals surface area contributed by atoms with Gasteiger partial charge in [0.25, 0.3) is 0 Å². The fourth-order valence-electron chi connectivity index (χ4n) is 1.95. The molecule has 90 valence electrons. The Labute approximate surface area is 101 Å². The molecular formula is C7H26N4Si4. The molecule has 0 aromatic rings. The van der Waals surface area contributed by atoms with Gasteiger partial charge in [-0.3, -0.25) is 0 Å². The van der Waals surface area contributed by atoms with Crippen molar-refractivity contribution in [1.29, 1.82) is 0 Å². The van der Waals surface area contributed by atoms with Crippen molar-refractivity contribution in [1.82, 2.24) is 17.3 Å². The lowest BCUT2D eigenvalue weighted by Crippen LogP contribution is -2.76. The van der Waals surface area contributed by atoms with Crippen molar-refractivity contribution in [2.45, 2.75) is 26.2 Å². The van der Waals surface area contributed by atoms with Gasteiger partial charge in [0.1, 0.15) is 0 Å². The van der Waals surface area contributed by atoms with Crippen molar-refractivity contribution in [3.05, 3.63) is 0 Å². The Balaban J connectivity index is 2.99. The molecule has 1 aliphatic heterocycles. The smallest absolute Gasteiger partial charge is 0.188 e. The van der Waals surface area contributed by atoms with Gasteiger partial charge in [0, 0.05) is 0 Å². The van der Waals surface area contributed by atoms with Crippen LogP contribution in [0.15, 0.2) is 0 Å². The van der Waals surface area contributed by atoms with E-state index >= 15 is 0 Å². The molecule has 1 heterocycles. The van der Waals surface area contributed by atoms with Crippen LogP contribution in [0.3, 0.4) is 0 Å². The maximum absolute atomic E-state index is 3.79. The summed E-state index contributed by atoms with van der Waals surface area (Å²) in [5.41, 5.74) is 0. The first-order valence-electron chi connectivity index (χ1n) is 5.58. The van der Waals surface area contributed by atoms with Gasteiger partial charge in [0.05, 0.1) is 0 Å². The number of hydrogen-bond donors (Lipinski definition) is 1. The van der Waals surface area contributed by atoms with Crippen LogP contribution >= 0.6 is 0 Å². The highest BCUT2D eigenvalue weighted by Gasteiger charge is 2.44. The second-order valence-corrected chi connectivity index (χ2v) is 20.6. The van der Waals surface area contributed by atoms with Gasteiger partial charge in [0.2, 0.25) is 0 Å². The third-order valence-electron chi connectivity index (χ3n) is 4.21. The zero-order valence-corrected chi connectivity index (χ0v) is 16.1. The molecule has 15 heavy (non-hydrogen) atoms. The molecule has 0 radical (unpaired) electrons. The predicted octanol–water partition coefficient (Wildman–Crippen LogP) is -1.21. The summed E-state index contributed by atoms with van der Waals surface area (Å²) in [6.45, 7) is 9.93. The minimum Gasteiger partial charge on any atom is -0.346 e. The summed E-state index contributed by atoms with van der Waals surface area (Å²) in [5, 5.41) is 0. The number of nitrogens with one attached hydrogen (secondary N) is 1. The Morgan fingerprint density at radius 3 is 1.47 bits per heavy atom. The highest BCUT2D eigenvalue weighted by atomic mass is 28.5. The SMILES string of the molecule is CN1[SiH2]N[SiH2]N(C)[Si](C)(C)N(C)[Si]1(C)C. The number of rotatable bonds is 0. The van der Waals surface area contributed by atoms with Crippen molar-refractivity contribution < 1.29 is 0 Å². The molecular weight excluding hydrogens is 252 g/mol. The highest BCUT2D eigenvalue weighted by molar-refractivity contribution is 6.93. The van der Waals surface area contributed by atoms with E-state index in [2.05, 4.69) is 64.7 Å². The lowest BCUT2D eigenvalue weighted by atomic mass is 11.6. The third kappa shape index (κ3) is 2.52. The monoisotopic (exact) mass is 278 g/mol. The summed E-state index contributed by atoms with van der Waals surface area (Å²) >= 11 is 0. The maximum Gasteiger partial charge on any atom is 0.188 e. The van der Waals surface area contributed by atoms with E-state index < -0.39 is 16.8 Å². The molecule has 1 rings (SSSR count). The van der Waals surface area contributed by atoms with Gasteiger partial charge in [-0.15, -0.1) is 0 Å². The van der Waals surface area contributed by atoms with Gasteiger partial charge >= 0.3 is 0 Å². The van der Waals surface area contributed by atoms with Crippen LogP contribution < -0.4 is 4.65 Å². The van der Waals surface area contributed by atoms with Crippen molar-refractivity contribution >= 4 is 36.5 Å². The normalized spacial score (nSPS) is 33.0. The lowest BCUT2D eigenvalue weighted by Gasteiger charge is -2.53. The first kappa shape index (κ1) is 13.8. The second-order valence-electron chi connectivity index (χ2n) is 5.51. The largest absolute Gasteiger partial charge is 0.346 e. The van der Waals surface area contributed by atoms with Gasteiger partial charge in [-0.25, -0.2) is 0 Å². The molecule has 0 unspecified atom stereocenters. The molecule has 1 N–H and O–H groups in total. The Morgan fingerprint density at radius 2 is 1.13 bits per heavy atom. The summed E-state index contributed by atoms with van der Waals surface area (Å²) in [5.74, 6) is 0. The van der Waals surface area contributed by atoms with E-state index in [9.17, 15) is 0 Å². The van der Waals surface area contributed by atoms with E-state index in [-0.39, 0.29) is 19.7 Å². The lowest BCUT2D eigenvalue weighted by molar-refractivity contribution is 0.569. The zero-order valence-electron chi connectivity index (χ0n) is 11.3. The Hall–Kier alpha value is 0.708. The molecule has 0 saturated carbocycles. The molecule has 4 nitrogen and oxygen atoms in total. The van der Waals surface area contributed by atoms with Crippen LogP contribution in [0.2, 0.25) is 26.2 Å². The molecule has 1 aliphatic rings. The van der Waals surface area contributed by atoms with E-state index in [1.807, 2.05) is 0 Å². The Morgan fingerprint density at radius 1 is 0.800 bits per heavy atom. The molecule has 0 aromatic heterocycles. The average molecular weight is 279 g/mol. The van der Waals surface area contributed by atoms with Crippen LogP contribution in [0.4, 0.5) is 0 Å². The minimum atomic E-state index is -1.35. The van der Waals surface area contributed by atoms with Gasteiger partial charge in [-0.05, 0) is 47.3 Å². The van der Waals surface area contributed by atoms with E-state index in [0.717, 1.165) is 0 Å². The molecule has 0 bridgehead atoms. The van der Waals surface area contributed by atoms with Crippen LogP contribution in [0.1, 0.15) is 0 Å². The van der Waals surface area contributed by atoms with Crippen molar-refractivity contribution in [2.24, 2.45) is 0 Å². The van der Waals surface area contributed by atoms with Crippen LogP contribution in [-0.2, 0) is 0 Å². The minimum absolute atomic E-state index is 0.195. The van der Waals surface area contributed by atoms with Crippen molar-refractivity contribution in [3.8, 4) is 0 Å². The topological polar surface area (TPSA) is 21.8 Å². The molecule has 1 saturated heterocycles. The first-order valence-corrected chi connectivity index (χ1v) is 14.0. The van der Waals surface area contributed by atoms with Crippen LogP contribution in [0, 0.1) is 0 Å². The standard InChI is InChI=1S/C7H26N4Si4/c1-9-12-8-13-10(2)15(6,7)11(3)14(9,4)5/h8H,12-13H2,1-7H3. The maximum atomic E-state index is 3.79. The molecule has 0 aliphatic carbocycles. The van der Waals surface area contributed by atoms with E-state index in [4.69, 9.17) is 0 Å². The van der Waals surface area contributed by atoms with Crippen molar-refractivity contribution in [3.63, 3.8) is 0 Å². The van der Waals surface area contributed by atoms with Crippen LogP contribution in [-0.4, -0.2) is 70.3 Å². The summed E-state index contributed by atoms with van der Waals surface area (Å²) in [4.78, 5) is 0. The molecule has 0 aromatic carbocycles. The number of nitrogens with zero attached hydrogens (tertiary/aromatic N) is 3. The van der Waals surface area contributed by atoms with E-state index in [1.165, 1.54) is 0 Å². The fourth-order valence-corrected chi connectivity index (χ4v) is 19.7. The molecule has 0 atom stereocenters. The summed E-state index contributed by atoms with van der Waals surface area (Å²) < 4.78 is 11.9. The Kier molecular flexibility index (Phi) is 4.16. The fraction of sp³-hybridized carbons (Fsp3) is 1.00. The molecule has 0 spiro atoms. The molecule has 0 amide bonds. The predicted molar refractivity (Wildman–Crippen MR) is 78.5 cm³/mol. The van der Waals surface area contributed by atoms with Gasteiger partial charge in [-0.1, -0.05) is 0 Å². The van der Waals surface area contributed by atoms with E-state index in [0.29, 0.717) is 0 Å². The highest BCUT2D eigenvalue weighted by Crippen LogP contribution is 2.21. The summed E-state index contributed by atoms with van der Waals surface area (Å²) in [6.07, 6.45) is 0. The Bertz CT molecular complexity index is 213. The molecule has 1 fully saturated rings. The third-order valence-corrected chi connectivity index (χ3v) is 22.8. The van der Waals surface area contributed by atoms with Crippen LogP contribution in [0.25, 0.3) is 0 Å². The van der Waals surface area contributed by atoms with Gasteiger partial charge in [-0.2, -0.15) is 0 Å². The van der Waals surface area contributed by atoms with Gasteiger partial charge in [0.15, 0.2) is 36.5 Å². The van der Waals surface area contributed by atoms with E-state index in [1.54, 1.807) is 0 Å². The second kappa shape index (κ2) is 4.53. The molecule has 8 heteroatoms. The summed E-state index contributed by atoms with van der Waals surface area (Å²) in [6, 6.07) is 0. The zero-order chi connectivity index (χ0) is 11.9. The number of hydrogen-bond acceptors (Lipinski definition) is 4. The van der Waals surface area contributed by atoms with Crippen LogP contribution in [0.5, 0.6) is 0 Å². The summed E-state index contributed by atoms with van der Waals surface area (Å²) in [7, 11) is 3.92. The average Bonchev–Trinajstić information content (AvgIpc) is 2.14. The first-order chi connectivity index (χ1) is 6.70. The van der Waals surface area contributed by atoms with Gasteiger partial charge < -0.3 is 17.3 Å². The van der Waals surface area contributed by atoms with Crippen molar-refractivity contribution in [2.75, 3.05) is 21.1 Å².